The van der Waals surface area contributed by atoms with Crippen LogP contribution in [0.25, 0.3) is 0 Å². The second kappa shape index (κ2) is 8.28. The Bertz CT molecular complexity index is 898. The second-order valence-corrected chi connectivity index (χ2v) is 7.52. The fraction of sp³-hybridized carbons (Fsp3) is 0.400. The first-order valence-electron chi connectivity index (χ1n) is 9.12. The molecule has 1 fully saturated rings. The van der Waals surface area contributed by atoms with E-state index in [0.29, 0.717) is 37.3 Å². The molecule has 2 aromatic rings. The van der Waals surface area contributed by atoms with E-state index in [2.05, 4.69) is 10.3 Å². The summed E-state index contributed by atoms with van der Waals surface area (Å²) in [5.41, 5.74) is -2.85. The number of carbonyl (C=O) groups excluding carboxylic acids is 1. The number of aliphatic hydroxyl groups is 1. The minimum absolute atomic E-state index is 0.311. The zero-order chi connectivity index (χ0) is 21.2. The molecule has 0 radical (unpaired) electrons. The number of aromatic nitrogens is 1. The molecule has 1 aliphatic carbocycles. The molecule has 3 rings (SSSR count). The number of halogens is 5. The van der Waals surface area contributed by atoms with Gasteiger partial charge in [0.05, 0.1) is 22.2 Å². The quantitative estimate of drug-likeness (QED) is 0.666. The summed E-state index contributed by atoms with van der Waals surface area (Å²) in [7, 11) is 0. The largest absolute Gasteiger partial charge is 0.417 e. The van der Waals surface area contributed by atoms with Gasteiger partial charge in [-0.3, -0.25) is 4.79 Å². The molecule has 1 atom stereocenters. The number of carbonyl (C=O) groups is 1. The number of nitrogens with zero attached hydrogens (tertiary/aromatic N) is 1. The summed E-state index contributed by atoms with van der Waals surface area (Å²) in [5, 5.41) is 12.9. The zero-order valence-corrected chi connectivity index (χ0v) is 16.0. The molecular formula is C20H19ClF4N2O2. The molecule has 0 bridgehead atoms. The second-order valence-electron chi connectivity index (χ2n) is 7.14. The van der Waals surface area contributed by atoms with E-state index in [1.807, 2.05) is 0 Å². The number of rotatable bonds is 4. The van der Waals surface area contributed by atoms with Crippen LogP contribution in [0.3, 0.4) is 0 Å². The molecule has 0 aliphatic heterocycles. The van der Waals surface area contributed by atoms with E-state index >= 15 is 0 Å². The number of hydrogen-bond donors (Lipinski definition) is 2. The van der Waals surface area contributed by atoms with Crippen LogP contribution >= 0.6 is 11.6 Å². The Balaban J connectivity index is 1.97. The highest BCUT2D eigenvalue weighted by molar-refractivity contribution is 6.34. The van der Waals surface area contributed by atoms with Crippen molar-refractivity contribution in [2.75, 3.05) is 0 Å². The fourth-order valence-corrected chi connectivity index (χ4v) is 3.99. The third-order valence-electron chi connectivity index (χ3n) is 5.12. The van der Waals surface area contributed by atoms with E-state index in [9.17, 15) is 27.5 Å². The number of hydrogen-bond acceptors (Lipinski definition) is 3. The van der Waals surface area contributed by atoms with Crippen molar-refractivity contribution in [3.05, 3.63) is 64.2 Å². The lowest BCUT2D eigenvalue weighted by atomic mass is 9.77. The van der Waals surface area contributed by atoms with E-state index in [4.69, 9.17) is 11.6 Å². The van der Waals surface area contributed by atoms with Crippen molar-refractivity contribution < 1.29 is 27.5 Å². The van der Waals surface area contributed by atoms with Crippen LogP contribution in [0.4, 0.5) is 17.6 Å². The van der Waals surface area contributed by atoms with E-state index in [-0.39, 0.29) is 0 Å². The molecule has 1 amide bonds. The molecule has 156 valence electrons. The highest BCUT2D eigenvalue weighted by Gasteiger charge is 2.41. The predicted octanol–water partition coefficient (Wildman–Crippen LogP) is 5.06. The van der Waals surface area contributed by atoms with Crippen molar-refractivity contribution in [2.24, 2.45) is 0 Å². The van der Waals surface area contributed by atoms with Crippen LogP contribution in [0, 0.1) is 5.82 Å². The zero-order valence-electron chi connectivity index (χ0n) is 15.3. The van der Waals surface area contributed by atoms with Crippen LogP contribution in [0.5, 0.6) is 0 Å². The van der Waals surface area contributed by atoms with Gasteiger partial charge in [-0.05, 0) is 36.6 Å². The van der Waals surface area contributed by atoms with E-state index in [1.165, 1.54) is 18.2 Å². The molecule has 9 heteroatoms. The van der Waals surface area contributed by atoms with Gasteiger partial charge in [-0.2, -0.15) is 13.2 Å². The van der Waals surface area contributed by atoms with Gasteiger partial charge >= 0.3 is 6.18 Å². The summed E-state index contributed by atoms with van der Waals surface area (Å²) in [5.74, 6) is -1.54. The summed E-state index contributed by atoms with van der Waals surface area (Å²) in [4.78, 5) is 16.5. The molecule has 0 spiro atoms. The minimum Gasteiger partial charge on any atom is -0.387 e. The topological polar surface area (TPSA) is 62.2 Å². The lowest BCUT2D eigenvalue weighted by Crippen LogP contribution is -2.47. The summed E-state index contributed by atoms with van der Waals surface area (Å²) in [6.07, 6.45) is -0.861. The monoisotopic (exact) mass is 430 g/mol. The highest BCUT2D eigenvalue weighted by atomic mass is 35.5. The Labute approximate surface area is 169 Å². The maximum atomic E-state index is 13.8. The van der Waals surface area contributed by atoms with E-state index in [1.54, 1.807) is 6.07 Å². The normalized spacial score (nSPS) is 17.6. The van der Waals surface area contributed by atoms with Crippen molar-refractivity contribution in [3.63, 3.8) is 0 Å². The van der Waals surface area contributed by atoms with Crippen LogP contribution < -0.4 is 5.32 Å². The summed E-state index contributed by atoms with van der Waals surface area (Å²) in [6.45, 7) is 0. The number of pyridine rings is 1. The van der Waals surface area contributed by atoms with Crippen LogP contribution in [0.1, 0.15) is 59.8 Å². The average molecular weight is 431 g/mol. The molecule has 1 saturated carbocycles. The highest BCUT2D eigenvalue weighted by Crippen LogP contribution is 2.40. The van der Waals surface area contributed by atoms with Crippen molar-refractivity contribution in [3.8, 4) is 0 Å². The summed E-state index contributed by atoms with van der Waals surface area (Å²) in [6, 6.07) is 5.03. The summed E-state index contributed by atoms with van der Waals surface area (Å²) < 4.78 is 53.0. The lowest BCUT2D eigenvalue weighted by molar-refractivity contribution is -0.137. The first kappa shape index (κ1) is 21.5. The molecule has 29 heavy (non-hydrogen) atoms. The van der Waals surface area contributed by atoms with Crippen LogP contribution in [-0.4, -0.2) is 21.6 Å². The molecule has 0 saturated heterocycles. The lowest BCUT2D eigenvalue weighted by Gasteiger charge is -2.39. The first-order chi connectivity index (χ1) is 13.6. The third kappa shape index (κ3) is 4.70. The molecule has 2 N–H and O–H groups in total. The predicted molar refractivity (Wildman–Crippen MR) is 98.9 cm³/mol. The van der Waals surface area contributed by atoms with Gasteiger partial charge in [0.25, 0.3) is 5.91 Å². The Morgan fingerprint density at radius 1 is 1.21 bits per heavy atom. The van der Waals surface area contributed by atoms with Crippen molar-refractivity contribution in [1.29, 1.82) is 0 Å². The smallest absolute Gasteiger partial charge is 0.387 e. The van der Waals surface area contributed by atoms with Crippen molar-refractivity contribution >= 4 is 17.5 Å². The Morgan fingerprint density at radius 3 is 2.52 bits per heavy atom. The van der Waals surface area contributed by atoms with Gasteiger partial charge in [0, 0.05) is 6.20 Å². The van der Waals surface area contributed by atoms with Crippen molar-refractivity contribution in [1.82, 2.24) is 10.3 Å². The van der Waals surface area contributed by atoms with Gasteiger partial charge in [0.1, 0.15) is 11.5 Å². The molecule has 1 aromatic carbocycles. The number of benzene rings is 1. The number of alkyl halides is 3. The number of nitrogens with one attached hydrogen (secondary N) is 1. The van der Waals surface area contributed by atoms with Crippen LogP contribution in [0.2, 0.25) is 5.02 Å². The van der Waals surface area contributed by atoms with Gasteiger partial charge in [0.2, 0.25) is 0 Å². The Hall–Kier alpha value is -2.19. The molecular weight excluding hydrogens is 412 g/mol. The maximum absolute atomic E-state index is 13.8. The first-order valence-corrected chi connectivity index (χ1v) is 9.50. The maximum Gasteiger partial charge on any atom is 0.417 e. The van der Waals surface area contributed by atoms with Gasteiger partial charge in [-0.1, -0.05) is 43.0 Å². The standard InChI is InChI=1S/C20H19ClF4N2O2/c21-15-14(20(23,24)25)7-10-26-16(15)18(28)27-17(12-5-4-6-13(22)11-12)19(29)8-2-1-3-9-19/h4-7,10-11,17,29H,1-3,8-9H2,(H,27,28). The molecule has 4 nitrogen and oxygen atoms in total. The van der Waals surface area contributed by atoms with Gasteiger partial charge < -0.3 is 10.4 Å². The van der Waals surface area contributed by atoms with Gasteiger partial charge in [-0.25, -0.2) is 9.37 Å². The van der Waals surface area contributed by atoms with E-state index in [0.717, 1.165) is 12.6 Å². The third-order valence-corrected chi connectivity index (χ3v) is 5.51. The molecule has 1 aromatic heterocycles. The number of amides is 1. The van der Waals surface area contributed by atoms with Crippen molar-refractivity contribution in [2.45, 2.75) is 49.9 Å². The molecule has 1 unspecified atom stereocenters. The minimum atomic E-state index is -4.75. The average Bonchev–Trinajstić information content (AvgIpc) is 2.65. The SMILES string of the molecule is O=C(NC(c1cccc(F)c1)C1(O)CCCCC1)c1nccc(C(F)(F)F)c1Cl. The van der Waals surface area contributed by atoms with Gasteiger partial charge in [0.15, 0.2) is 0 Å². The van der Waals surface area contributed by atoms with Crippen LogP contribution in [0.15, 0.2) is 36.5 Å². The Kier molecular flexibility index (Phi) is 6.14. The Morgan fingerprint density at radius 2 is 1.90 bits per heavy atom. The van der Waals surface area contributed by atoms with E-state index < -0.39 is 45.8 Å². The molecule has 1 heterocycles. The molecule has 1 aliphatic rings. The fourth-order valence-electron chi connectivity index (χ4n) is 3.69. The van der Waals surface area contributed by atoms with Gasteiger partial charge in [-0.15, -0.1) is 0 Å². The van der Waals surface area contributed by atoms with Crippen LogP contribution in [-0.2, 0) is 6.18 Å². The summed E-state index contributed by atoms with van der Waals surface area (Å²) >= 11 is 5.80.